The second-order valence-electron chi connectivity index (χ2n) is 3.67. The average Bonchev–Trinajstić information content (AvgIpc) is 2.27. The Morgan fingerprint density at radius 2 is 2.06 bits per heavy atom. The third kappa shape index (κ3) is 3.53. The van der Waals surface area contributed by atoms with Crippen LogP contribution in [0.4, 0.5) is 0 Å². The number of carbonyl (C=O) groups excluding carboxylic acids is 1. The summed E-state index contributed by atoms with van der Waals surface area (Å²) in [5.41, 5.74) is 0.663. The highest BCUT2D eigenvalue weighted by Gasteiger charge is 2.08. The number of rotatable bonds is 6. The molecule has 0 N–H and O–H groups in total. The summed E-state index contributed by atoms with van der Waals surface area (Å²) in [4.78, 5) is 11.6. The zero-order valence-corrected chi connectivity index (χ0v) is 10.5. The van der Waals surface area contributed by atoms with Crippen LogP contribution in [0.15, 0.2) is 18.2 Å². The van der Waals surface area contributed by atoms with E-state index < -0.39 is 0 Å². The summed E-state index contributed by atoms with van der Waals surface area (Å²) in [6, 6.07) is 5.22. The fraction of sp³-hybridized carbons (Fsp3) is 0.462. The van der Waals surface area contributed by atoms with Gasteiger partial charge in [-0.2, -0.15) is 0 Å². The van der Waals surface area contributed by atoms with E-state index in [9.17, 15) is 4.79 Å². The molecule has 1 rings (SSSR count). The van der Waals surface area contributed by atoms with Gasteiger partial charge in [0.05, 0.1) is 11.6 Å². The van der Waals surface area contributed by atoms with Gasteiger partial charge in [-0.3, -0.25) is 4.79 Å². The van der Waals surface area contributed by atoms with Crippen molar-refractivity contribution in [2.45, 2.75) is 33.1 Å². The Balaban J connectivity index is 2.78. The number of ether oxygens (including phenoxy) is 1. The minimum Gasteiger partial charge on any atom is -0.492 e. The maximum Gasteiger partial charge on any atom is 0.162 e. The Bertz CT molecular complexity index is 361. The van der Waals surface area contributed by atoms with Crippen LogP contribution in [0.1, 0.15) is 43.5 Å². The fourth-order valence-electron chi connectivity index (χ4n) is 1.37. The minimum absolute atomic E-state index is 0.131. The molecular formula is C13H17ClO2. The van der Waals surface area contributed by atoms with Gasteiger partial charge in [0, 0.05) is 12.0 Å². The average molecular weight is 241 g/mol. The van der Waals surface area contributed by atoms with Crippen molar-refractivity contribution in [3.63, 3.8) is 0 Å². The van der Waals surface area contributed by atoms with Gasteiger partial charge >= 0.3 is 0 Å². The number of hydrogen-bond acceptors (Lipinski definition) is 2. The first-order chi connectivity index (χ1) is 7.69. The van der Waals surface area contributed by atoms with Gasteiger partial charge in [0.25, 0.3) is 0 Å². The van der Waals surface area contributed by atoms with Crippen molar-refractivity contribution in [2.75, 3.05) is 6.61 Å². The number of Topliss-reactive ketones (excluding diaryl/α,β-unsaturated/α-hetero) is 1. The number of halogens is 1. The van der Waals surface area contributed by atoms with Crippen molar-refractivity contribution in [2.24, 2.45) is 0 Å². The van der Waals surface area contributed by atoms with Crippen molar-refractivity contribution in [3.05, 3.63) is 28.8 Å². The summed E-state index contributed by atoms with van der Waals surface area (Å²) in [5.74, 6) is 0.781. The van der Waals surface area contributed by atoms with Crippen LogP contribution in [0.25, 0.3) is 0 Å². The molecular weight excluding hydrogens is 224 g/mol. The molecule has 0 radical (unpaired) electrons. The Morgan fingerprint density at radius 1 is 1.31 bits per heavy atom. The van der Waals surface area contributed by atoms with Crippen LogP contribution in [0.3, 0.4) is 0 Å². The van der Waals surface area contributed by atoms with Gasteiger partial charge in [-0.05, 0) is 31.0 Å². The largest absolute Gasteiger partial charge is 0.492 e. The van der Waals surface area contributed by atoms with Crippen molar-refractivity contribution in [1.29, 1.82) is 0 Å². The quantitative estimate of drug-likeness (QED) is 0.700. The zero-order chi connectivity index (χ0) is 12.0. The summed E-state index contributed by atoms with van der Waals surface area (Å²) in [6.07, 6.45) is 2.35. The van der Waals surface area contributed by atoms with Crippen LogP contribution in [-0.2, 0) is 0 Å². The summed E-state index contributed by atoms with van der Waals surface area (Å²) in [7, 11) is 0. The molecule has 3 heteroatoms. The normalized spacial score (nSPS) is 10.2. The van der Waals surface area contributed by atoms with E-state index in [1.165, 1.54) is 0 Å². The molecule has 1 aromatic rings. The molecule has 88 valence electrons. The van der Waals surface area contributed by atoms with E-state index in [4.69, 9.17) is 16.3 Å². The summed E-state index contributed by atoms with van der Waals surface area (Å²) >= 11 is 6.03. The van der Waals surface area contributed by atoms with E-state index in [-0.39, 0.29) is 5.78 Å². The standard InChI is InChI=1S/C13H17ClO2/c1-3-5-12(15)10-6-7-13(11(14)9-10)16-8-4-2/h6-7,9H,3-5,8H2,1-2H3. The minimum atomic E-state index is 0.131. The lowest BCUT2D eigenvalue weighted by Gasteiger charge is -2.07. The molecule has 0 unspecified atom stereocenters. The van der Waals surface area contributed by atoms with Crippen molar-refractivity contribution >= 4 is 17.4 Å². The molecule has 0 aromatic heterocycles. The molecule has 0 amide bonds. The van der Waals surface area contributed by atoms with Crippen LogP contribution < -0.4 is 4.74 Å². The molecule has 0 fully saturated rings. The van der Waals surface area contributed by atoms with E-state index in [0.717, 1.165) is 12.8 Å². The second kappa shape index (κ2) is 6.54. The number of benzene rings is 1. The fourth-order valence-corrected chi connectivity index (χ4v) is 1.61. The monoisotopic (exact) mass is 240 g/mol. The summed E-state index contributed by atoms with van der Waals surface area (Å²) in [5, 5.41) is 0.510. The Morgan fingerprint density at radius 3 is 2.62 bits per heavy atom. The smallest absolute Gasteiger partial charge is 0.162 e. The highest BCUT2D eigenvalue weighted by Crippen LogP contribution is 2.26. The first kappa shape index (κ1) is 13.0. The maximum absolute atomic E-state index is 11.6. The van der Waals surface area contributed by atoms with Crippen molar-refractivity contribution in [3.8, 4) is 5.75 Å². The Kier molecular flexibility index (Phi) is 5.33. The van der Waals surface area contributed by atoms with Crippen LogP contribution in [0.5, 0.6) is 5.75 Å². The molecule has 0 aliphatic rings. The van der Waals surface area contributed by atoms with Gasteiger partial charge in [-0.15, -0.1) is 0 Å². The molecule has 0 atom stereocenters. The van der Waals surface area contributed by atoms with E-state index in [1.54, 1.807) is 18.2 Å². The van der Waals surface area contributed by atoms with Gasteiger partial charge in [0.1, 0.15) is 5.75 Å². The summed E-state index contributed by atoms with van der Waals surface area (Å²) in [6.45, 7) is 4.66. The predicted octanol–water partition coefficient (Wildman–Crippen LogP) is 4.11. The third-order valence-electron chi connectivity index (χ3n) is 2.19. The van der Waals surface area contributed by atoms with Crippen LogP contribution in [0.2, 0.25) is 5.02 Å². The molecule has 0 saturated carbocycles. The first-order valence-corrected chi connectivity index (χ1v) is 6.02. The number of carbonyl (C=O) groups is 1. The second-order valence-corrected chi connectivity index (χ2v) is 4.07. The van der Waals surface area contributed by atoms with Crippen LogP contribution >= 0.6 is 11.6 Å². The van der Waals surface area contributed by atoms with Crippen LogP contribution in [-0.4, -0.2) is 12.4 Å². The molecule has 0 heterocycles. The predicted molar refractivity (Wildman–Crippen MR) is 66.5 cm³/mol. The molecule has 0 spiro atoms. The Hall–Kier alpha value is -1.02. The van der Waals surface area contributed by atoms with E-state index in [1.807, 2.05) is 13.8 Å². The van der Waals surface area contributed by atoms with Gasteiger partial charge < -0.3 is 4.74 Å². The maximum atomic E-state index is 11.6. The van der Waals surface area contributed by atoms with Gasteiger partial charge in [-0.1, -0.05) is 25.4 Å². The molecule has 16 heavy (non-hydrogen) atoms. The lowest BCUT2D eigenvalue weighted by Crippen LogP contribution is -2.00. The third-order valence-corrected chi connectivity index (χ3v) is 2.49. The van der Waals surface area contributed by atoms with Gasteiger partial charge in [-0.25, -0.2) is 0 Å². The van der Waals surface area contributed by atoms with Gasteiger partial charge in [0.15, 0.2) is 5.78 Å². The van der Waals surface area contributed by atoms with E-state index in [0.29, 0.717) is 29.4 Å². The molecule has 2 nitrogen and oxygen atoms in total. The van der Waals surface area contributed by atoms with Crippen molar-refractivity contribution in [1.82, 2.24) is 0 Å². The highest BCUT2D eigenvalue weighted by molar-refractivity contribution is 6.32. The Labute approximate surface area is 102 Å². The highest BCUT2D eigenvalue weighted by atomic mass is 35.5. The molecule has 1 aromatic carbocycles. The van der Waals surface area contributed by atoms with Crippen LogP contribution in [0, 0.1) is 0 Å². The number of ketones is 1. The van der Waals surface area contributed by atoms with E-state index >= 15 is 0 Å². The van der Waals surface area contributed by atoms with Gasteiger partial charge in [0.2, 0.25) is 0 Å². The first-order valence-electron chi connectivity index (χ1n) is 5.64. The topological polar surface area (TPSA) is 26.3 Å². The molecule has 0 bridgehead atoms. The lowest BCUT2D eigenvalue weighted by atomic mass is 10.1. The summed E-state index contributed by atoms with van der Waals surface area (Å²) < 4.78 is 5.44. The molecule has 0 aliphatic carbocycles. The van der Waals surface area contributed by atoms with E-state index in [2.05, 4.69) is 0 Å². The SMILES string of the molecule is CCCOc1ccc(C(=O)CCC)cc1Cl. The number of hydrogen-bond donors (Lipinski definition) is 0. The van der Waals surface area contributed by atoms with Crippen molar-refractivity contribution < 1.29 is 9.53 Å². The zero-order valence-electron chi connectivity index (χ0n) is 9.75. The molecule has 0 aliphatic heterocycles. The molecule has 0 saturated heterocycles. The lowest BCUT2D eigenvalue weighted by molar-refractivity contribution is 0.0981.